The molecule has 5 rings (SSSR count). The van der Waals surface area contributed by atoms with Crippen LogP contribution in [0.15, 0.2) is 114 Å². The topological polar surface area (TPSA) is 93.1 Å². The molecule has 1 aliphatic carbocycles. The molecule has 38 heavy (non-hydrogen) atoms. The number of allylic oxidation sites excluding steroid dienone is 4. The molecule has 0 spiro atoms. The number of amides is 2. The molecule has 1 atom stereocenters. The SMILES string of the molecule is Cc1ccccc1S(=O)(=O)NC(=O)N[C@@H](Cc1ccccc1)c1nccn1-c1ccc(C2=CCC=C2)cc1. The van der Waals surface area contributed by atoms with Crippen LogP contribution in [0.1, 0.15) is 35.0 Å². The van der Waals surface area contributed by atoms with Gasteiger partial charge in [-0.25, -0.2) is 22.9 Å². The van der Waals surface area contributed by atoms with Crippen LogP contribution in [0.5, 0.6) is 0 Å². The van der Waals surface area contributed by atoms with Crippen LogP contribution in [-0.4, -0.2) is 24.0 Å². The minimum absolute atomic E-state index is 0.0589. The second kappa shape index (κ2) is 10.9. The van der Waals surface area contributed by atoms with Gasteiger partial charge in [-0.1, -0.05) is 78.9 Å². The van der Waals surface area contributed by atoms with Crippen molar-refractivity contribution in [3.63, 3.8) is 0 Å². The van der Waals surface area contributed by atoms with E-state index in [-0.39, 0.29) is 4.90 Å². The third kappa shape index (κ3) is 5.60. The summed E-state index contributed by atoms with van der Waals surface area (Å²) in [5, 5.41) is 2.85. The highest BCUT2D eigenvalue weighted by Gasteiger charge is 2.25. The largest absolute Gasteiger partial charge is 0.329 e. The number of imidazole rings is 1. The molecule has 0 radical (unpaired) electrons. The van der Waals surface area contributed by atoms with E-state index in [0.29, 0.717) is 17.8 Å². The van der Waals surface area contributed by atoms with Crippen molar-refractivity contribution in [3.8, 4) is 5.69 Å². The monoisotopic (exact) mass is 524 g/mol. The van der Waals surface area contributed by atoms with Crippen LogP contribution in [0, 0.1) is 6.92 Å². The Kier molecular flexibility index (Phi) is 7.24. The maximum atomic E-state index is 13.0. The summed E-state index contributed by atoms with van der Waals surface area (Å²) in [5.41, 5.74) is 4.74. The first-order chi connectivity index (χ1) is 18.4. The van der Waals surface area contributed by atoms with Crippen molar-refractivity contribution in [1.82, 2.24) is 19.6 Å². The number of sulfonamides is 1. The fourth-order valence-electron chi connectivity index (χ4n) is 4.56. The lowest BCUT2D eigenvalue weighted by molar-refractivity contribution is 0.241. The van der Waals surface area contributed by atoms with Gasteiger partial charge in [-0.2, -0.15) is 0 Å². The van der Waals surface area contributed by atoms with Crippen LogP contribution in [-0.2, 0) is 16.4 Å². The lowest BCUT2D eigenvalue weighted by atomic mass is 10.0. The van der Waals surface area contributed by atoms with Crippen molar-refractivity contribution in [2.45, 2.75) is 30.7 Å². The van der Waals surface area contributed by atoms with Crippen molar-refractivity contribution >= 4 is 21.6 Å². The molecule has 192 valence electrons. The quantitative estimate of drug-likeness (QED) is 0.319. The van der Waals surface area contributed by atoms with Crippen LogP contribution in [0.4, 0.5) is 4.79 Å². The third-order valence-corrected chi connectivity index (χ3v) is 7.92. The number of benzene rings is 3. The summed E-state index contributed by atoms with van der Waals surface area (Å²) in [6.45, 7) is 1.69. The number of urea groups is 1. The second-order valence-electron chi connectivity index (χ2n) is 9.09. The Morgan fingerprint density at radius 2 is 1.74 bits per heavy atom. The number of nitrogens with zero attached hydrogens (tertiary/aromatic N) is 2. The minimum atomic E-state index is -4.05. The molecule has 0 aliphatic heterocycles. The molecule has 2 amide bonds. The molecule has 0 saturated heterocycles. The fraction of sp³-hybridized carbons (Fsp3) is 0.133. The fourth-order valence-corrected chi connectivity index (χ4v) is 5.72. The third-order valence-electron chi connectivity index (χ3n) is 6.43. The number of carbonyl (C=O) groups excluding carboxylic acids is 1. The highest BCUT2D eigenvalue weighted by atomic mass is 32.2. The van der Waals surface area contributed by atoms with Crippen molar-refractivity contribution < 1.29 is 13.2 Å². The number of nitrogens with one attached hydrogen (secondary N) is 2. The number of hydrogen-bond donors (Lipinski definition) is 2. The Bertz CT molecular complexity index is 1600. The van der Waals surface area contributed by atoms with Crippen LogP contribution in [0.25, 0.3) is 11.3 Å². The normalized spacial score (nSPS) is 13.7. The first-order valence-electron chi connectivity index (χ1n) is 12.3. The molecule has 0 saturated carbocycles. The molecule has 3 aromatic carbocycles. The molecular weight excluding hydrogens is 496 g/mol. The molecule has 0 bridgehead atoms. The van der Waals surface area contributed by atoms with E-state index in [0.717, 1.165) is 23.2 Å². The van der Waals surface area contributed by atoms with Crippen LogP contribution < -0.4 is 10.0 Å². The maximum Gasteiger partial charge on any atom is 0.329 e. The molecular formula is C30H28N4O3S. The smallest absolute Gasteiger partial charge is 0.327 e. The van der Waals surface area contributed by atoms with Gasteiger partial charge >= 0.3 is 6.03 Å². The van der Waals surface area contributed by atoms with E-state index >= 15 is 0 Å². The number of aromatic nitrogens is 2. The van der Waals surface area contributed by atoms with Gasteiger partial charge in [0.15, 0.2) is 0 Å². The van der Waals surface area contributed by atoms with Gasteiger partial charge in [0.25, 0.3) is 10.0 Å². The summed E-state index contributed by atoms with van der Waals surface area (Å²) in [6.07, 6.45) is 11.3. The first-order valence-corrected chi connectivity index (χ1v) is 13.8. The second-order valence-corrected chi connectivity index (χ2v) is 10.7. The average Bonchev–Trinajstić information content (AvgIpc) is 3.62. The predicted molar refractivity (Wildman–Crippen MR) is 148 cm³/mol. The molecule has 1 aromatic heterocycles. The van der Waals surface area contributed by atoms with E-state index in [4.69, 9.17) is 0 Å². The van der Waals surface area contributed by atoms with Gasteiger partial charge in [-0.3, -0.25) is 0 Å². The average molecular weight is 525 g/mol. The Morgan fingerprint density at radius 1 is 1.00 bits per heavy atom. The van der Waals surface area contributed by atoms with Crippen molar-refractivity contribution in [2.24, 2.45) is 0 Å². The zero-order chi connectivity index (χ0) is 26.5. The zero-order valence-electron chi connectivity index (χ0n) is 20.9. The van der Waals surface area contributed by atoms with Crippen molar-refractivity contribution in [1.29, 1.82) is 0 Å². The standard InChI is InChI=1S/C30H28N4O3S/c1-22-9-5-8-14-28(22)38(36,37)33-30(35)32-27(21-23-10-3-2-4-11-23)29-31-19-20-34(29)26-17-15-25(16-18-26)24-12-6-7-13-24/h2-6,8-20,27H,7,21H2,1H3,(H2,32,33,35)/t27-/m0/s1. The Labute approximate surface area is 222 Å². The molecule has 7 nitrogen and oxygen atoms in total. The zero-order valence-corrected chi connectivity index (χ0v) is 21.7. The summed E-state index contributed by atoms with van der Waals surface area (Å²) >= 11 is 0. The molecule has 1 aliphatic rings. The summed E-state index contributed by atoms with van der Waals surface area (Å²) in [6, 6.07) is 22.9. The lowest BCUT2D eigenvalue weighted by Gasteiger charge is -2.21. The number of hydrogen-bond acceptors (Lipinski definition) is 4. The highest BCUT2D eigenvalue weighted by molar-refractivity contribution is 7.90. The lowest BCUT2D eigenvalue weighted by Crippen LogP contribution is -2.42. The van der Waals surface area contributed by atoms with Crippen LogP contribution in [0.2, 0.25) is 0 Å². The molecule has 1 heterocycles. The molecule has 8 heteroatoms. The molecule has 0 unspecified atom stereocenters. The van der Waals surface area contributed by atoms with E-state index in [1.807, 2.05) is 53.2 Å². The molecule has 2 N–H and O–H groups in total. The van der Waals surface area contributed by atoms with Gasteiger partial charge in [0.05, 0.1) is 10.9 Å². The summed E-state index contributed by atoms with van der Waals surface area (Å²) in [4.78, 5) is 17.6. The maximum absolute atomic E-state index is 13.0. The summed E-state index contributed by atoms with van der Waals surface area (Å²) < 4.78 is 29.9. The van der Waals surface area contributed by atoms with E-state index < -0.39 is 22.1 Å². The molecule has 0 fully saturated rings. The van der Waals surface area contributed by atoms with Gasteiger partial charge in [0.2, 0.25) is 0 Å². The first kappa shape index (κ1) is 25.2. The Hall–Kier alpha value is -4.43. The summed E-state index contributed by atoms with van der Waals surface area (Å²) in [7, 11) is -4.05. The van der Waals surface area contributed by atoms with E-state index in [2.05, 4.69) is 45.4 Å². The van der Waals surface area contributed by atoms with Gasteiger partial charge < -0.3 is 9.88 Å². The Morgan fingerprint density at radius 3 is 2.45 bits per heavy atom. The number of carbonyl (C=O) groups is 1. The molecule has 4 aromatic rings. The number of aryl methyl sites for hydroxylation is 1. The predicted octanol–water partition coefficient (Wildman–Crippen LogP) is 5.50. The van der Waals surface area contributed by atoms with E-state index in [9.17, 15) is 13.2 Å². The van der Waals surface area contributed by atoms with Gasteiger partial charge in [0.1, 0.15) is 5.82 Å². The van der Waals surface area contributed by atoms with E-state index in [1.54, 1.807) is 31.3 Å². The van der Waals surface area contributed by atoms with Crippen LogP contribution in [0.3, 0.4) is 0 Å². The highest BCUT2D eigenvalue weighted by Crippen LogP contribution is 2.25. The van der Waals surface area contributed by atoms with Gasteiger partial charge in [-0.15, -0.1) is 0 Å². The van der Waals surface area contributed by atoms with Gasteiger partial charge in [0, 0.05) is 18.1 Å². The van der Waals surface area contributed by atoms with Crippen LogP contribution >= 0.6 is 0 Å². The van der Waals surface area contributed by atoms with Crippen molar-refractivity contribution in [2.75, 3.05) is 0 Å². The minimum Gasteiger partial charge on any atom is -0.327 e. The van der Waals surface area contributed by atoms with E-state index in [1.165, 1.54) is 11.6 Å². The Balaban J connectivity index is 1.42. The summed E-state index contributed by atoms with van der Waals surface area (Å²) in [5.74, 6) is 0.588. The van der Waals surface area contributed by atoms with Gasteiger partial charge in [-0.05, 0) is 60.2 Å². The number of rotatable bonds is 8. The van der Waals surface area contributed by atoms with Crippen molar-refractivity contribution in [3.05, 3.63) is 132 Å².